The maximum Gasteiger partial charge on any atom is 0.00388 e. The SMILES string of the molecule is CCC1(CN2CCCC(C(C)(C)C)CC2)CCNCC1. The number of nitrogens with one attached hydrogen (secondary N) is 1. The Hall–Kier alpha value is -0.0800. The highest BCUT2D eigenvalue weighted by Crippen LogP contribution is 2.37. The summed E-state index contributed by atoms with van der Waals surface area (Å²) in [5.74, 6) is 0.915. The highest BCUT2D eigenvalue weighted by Gasteiger charge is 2.34. The van der Waals surface area contributed by atoms with Crippen molar-refractivity contribution in [1.29, 1.82) is 0 Å². The predicted octanol–water partition coefficient (Wildman–Crippen LogP) is 3.91. The van der Waals surface area contributed by atoms with E-state index in [4.69, 9.17) is 0 Å². The molecule has 1 unspecified atom stereocenters. The first-order valence-corrected chi connectivity index (χ1v) is 8.88. The Bertz CT molecular complexity index is 286. The summed E-state index contributed by atoms with van der Waals surface area (Å²) in [6.07, 6.45) is 8.35. The van der Waals surface area contributed by atoms with Gasteiger partial charge in [0.05, 0.1) is 0 Å². The number of rotatable bonds is 3. The molecular formula is C18H36N2. The van der Waals surface area contributed by atoms with Crippen LogP contribution in [0.25, 0.3) is 0 Å². The van der Waals surface area contributed by atoms with E-state index in [9.17, 15) is 0 Å². The van der Waals surface area contributed by atoms with E-state index in [-0.39, 0.29) is 0 Å². The van der Waals surface area contributed by atoms with Gasteiger partial charge in [-0.1, -0.05) is 27.7 Å². The van der Waals surface area contributed by atoms with Gasteiger partial charge in [0.25, 0.3) is 0 Å². The van der Waals surface area contributed by atoms with Crippen LogP contribution >= 0.6 is 0 Å². The minimum atomic E-state index is 0.493. The van der Waals surface area contributed by atoms with Crippen molar-refractivity contribution in [3.63, 3.8) is 0 Å². The zero-order valence-electron chi connectivity index (χ0n) is 14.3. The third-order valence-electron chi connectivity index (χ3n) is 6.02. The summed E-state index contributed by atoms with van der Waals surface area (Å²) in [6.45, 7) is 16.1. The van der Waals surface area contributed by atoms with Crippen LogP contribution in [0.5, 0.6) is 0 Å². The van der Waals surface area contributed by atoms with Crippen LogP contribution in [-0.4, -0.2) is 37.6 Å². The van der Waals surface area contributed by atoms with E-state index < -0.39 is 0 Å². The molecule has 2 rings (SSSR count). The summed E-state index contributed by atoms with van der Waals surface area (Å²) in [4.78, 5) is 2.79. The van der Waals surface area contributed by atoms with Gasteiger partial charge in [0.2, 0.25) is 0 Å². The van der Waals surface area contributed by atoms with Crippen LogP contribution in [0.3, 0.4) is 0 Å². The van der Waals surface area contributed by atoms with E-state index in [0.717, 1.165) is 5.92 Å². The summed E-state index contributed by atoms with van der Waals surface area (Å²) in [6, 6.07) is 0. The van der Waals surface area contributed by atoms with E-state index in [1.54, 1.807) is 0 Å². The Balaban J connectivity index is 1.90. The third-order valence-corrected chi connectivity index (χ3v) is 6.02. The number of likely N-dealkylation sites (tertiary alicyclic amines) is 1. The molecule has 2 aliphatic rings. The fourth-order valence-corrected chi connectivity index (χ4v) is 4.23. The molecule has 0 aromatic carbocycles. The molecule has 0 aliphatic carbocycles. The number of piperidine rings is 1. The fourth-order valence-electron chi connectivity index (χ4n) is 4.23. The molecular weight excluding hydrogens is 244 g/mol. The van der Waals surface area contributed by atoms with E-state index >= 15 is 0 Å². The second kappa shape index (κ2) is 6.79. The lowest BCUT2D eigenvalue weighted by atomic mass is 9.76. The van der Waals surface area contributed by atoms with Crippen molar-refractivity contribution in [3.8, 4) is 0 Å². The highest BCUT2D eigenvalue weighted by molar-refractivity contribution is 4.88. The Kier molecular flexibility index (Phi) is 5.53. The van der Waals surface area contributed by atoms with Gasteiger partial charge >= 0.3 is 0 Å². The normalized spacial score (nSPS) is 29.1. The summed E-state index contributed by atoms with van der Waals surface area (Å²) < 4.78 is 0. The molecule has 2 fully saturated rings. The minimum Gasteiger partial charge on any atom is -0.317 e. The summed E-state index contributed by atoms with van der Waals surface area (Å²) in [5, 5.41) is 3.53. The smallest absolute Gasteiger partial charge is 0.00388 e. The quantitative estimate of drug-likeness (QED) is 0.843. The minimum absolute atomic E-state index is 0.493. The molecule has 2 heterocycles. The van der Waals surface area contributed by atoms with Crippen LogP contribution in [0.1, 0.15) is 66.2 Å². The molecule has 118 valence electrons. The molecule has 2 nitrogen and oxygen atoms in total. The lowest BCUT2D eigenvalue weighted by Gasteiger charge is -2.41. The van der Waals surface area contributed by atoms with Gasteiger partial charge in [-0.3, -0.25) is 0 Å². The number of nitrogens with zero attached hydrogens (tertiary/aromatic N) is 1. The average molecular weight is 280 g/mol. The molecule has 2 saturated heterocycles. The van der Waals surface area contributed by atoms with Gasteiger partial charge in [-0.05, 0) is 81.5 Å². The lowest BCUT2D eigenvalue weighted by Crippen LogP contribution is -2.44. The largest absolute Gasteiger partial charge is 0.317 e. The molecule has 0 radical (unpaired) electrons. The summed E-state index contributed by atoms with van der Waals surface area (Å²) >= 11 is 0. The first-order chi connectivity index (χ1) is 9.45. The highest BCUT2D eigenvalue weighted by atomic mass is 15.1. The molecule has 1 N–H and O–H groups in total. The Morgan fingerprint density at radius 3 is 2.40 bits per heavy atom. The molecule has 0 amide bonds. The van der Waals surface area contributed by atoms with Gasteiger partial charge in [-0.15, -0.1) is 0 Å². The predicted molar refractivity (Wildman–Crippen MR) is 88.1 cm³/mol. The first kappa shape index (κ1) is 16.3. The molecule has 0 bridgehead atoms. The van der Waals surface area contributed by atoms with Gasteiger partial charge < -0.3 is 10.2 Å². The summed E-state index contributed by atoms with van der Waals surface area (Å²) in [5.41, 5.74) is 1.10. The lowest BCUT2D eigenvalue weighted by molar-refractivity contribution is 0.106. The first-order valence-electron chi connectivity index (χ1n) is 8.88. The number of hydrogen-bond donors (Lipinski definition) is 1. The summed E-state index contributed by atoms with van der Waals surface area (Å²) in [7, 11) is 0. The second-order valence-electron chi connectivity index (χ2n) is 8.37. The van der Waals surface area contributed by atoms with Crippen molar-refractivity contribution in [3.05, 3.63) is 0 Å². The van der Waals surface area contributed by atoms with Crippen molar-refractivity contribution in [2.45, 2.75) is 66.2 Å². The number of hydrogen-bond acceptors (Lipinski definition) is 2. The molecule has 0 aromatic heterocycles. The molecule has 0 saturated carbocycles. The van der Waals surface area contributed by atoms with Crippen molar-refractivity contribution in [2.75, 3.05) is 32.7 Å². The van der Waals surface area contributed by atoms with Gasteiger partial charge in [0, 0.05) is 6.54 Å². The zero-order valence-corrected chi connectivity index (χ0v) is 14.3. The van der Waals surface area contributed by atoms with Gasteiger partial charge in [-0.25, -0.2) is 0 Å². The molecule has 20 heavy (non-hydrogen) atoms. The van der Waals surface area contributed by atoms with E-state index in [0.29, 0.717) is 10.8 Å². The molecule has 2 aliphatic heterocycles. The van der Waals surface area contributed by atoms with Crippen LogP contribution in [-0.2, 0) is 0 Å². The maximum absolute atomic E-state index is 3.53. The van der Waals surface area contributed by atoms with Crippen molar-refractivity contribution >= 4 is 0 Å². The fraction of sp³-hybridized carbons (Fsp3) is 1.00. The Labute approximate surface area is 126 Å². The average Bonchev–Trinajstić information content (AvgIpc) is 2.65. The van der Waals surface area contributed by atoms with Gasteiger partial charge in [0.15, 0.2) is 0 Å². The van der Waals surface area contributed by atoms with Crippen molar-refractivity contribution in [1.82, 2.24) is 10.2 Å². The van der Waals surface area contributed by atoms with Crippen LogP contribution < -0.4 is 5.32 Å². The van der Waals surface area contributed by atoms with E-state index in [2.05, 4.69) is 37.9 Å². The second-order valence-corrected chi connectivity index (χ2v) is 8.37. The van der Waals surface area contributed by atoms with Crippen molar-refractivity contribution in [2.24, 2.45) is 16.7 Å². The van der Waals surface area contributed by atoms with Crippen LogP contribution in [0.15, 0.2) is 0 Å². The van der Waals surface area contributed by atoms with E-state index in [1.165, 1.54) is 71.2 Å². The third kappa shape index (κ3) is 4.21. The van der Waals surface area contributed by atoms with Crippen LogP contribution in [0, 0.1) is 16.7 Å². The van der Waals surface area contributed by atoms with Crippen LogP contribution in [0.2, 0.25) is 0 Å². The molecule has 1 atom stereocenters. The van der Waals surface area contributed by atoms with Crippen molar-refractivity contribution < 1.29 is 0 Å². The topological polar surface area (TPSA) is 15.3 Å². The van der Waals surface area contributed by atoms with Gasteiger partial charge in [0.1, 0.15) is 0 Å². The molecule has 0 aromatic rings. The maximum atomic E-state index is 3.53. The monoisotopic (exact) mass is 280 g/mol. The van der Waals surface area contributed by atoms with Gasteiger partial charge in [-0.2, -0.15) is 0 Å². The Morgan fingerprint density at radius 1 is 1.10 bits per heavy atom. The Morgan fingerprint density at radius 2 is 1.80 bits per heavy atom. The zero-order chi connectivity index (χ0) is 14.6. The van der Waals surface area contributed by atoms with Crippen LogP contribution in [0.4, 0.5) is 0 Å². The van der Waals surface area contributed by atoms with E-state index in [1.807, 2.05) is 0 Å². The molecule has 2 heteroatoms. The standard InChI is InChI=1S/C18H36N2/c1-5-18(9-11-19-12-10-18)15-20-13-6-7-16(8-14-20)17(2,3)4/h16,19H,5-15H2,1-4H3. The molecule has 0 spiro atoms.